The Morgan fingerprint density at radius 2 is 1.92 bits per heavy atom. The zero-order valence-electron chi connectivity index (χ0n) is 12.8. The molecule has 0 saturated heterocycles. The quantitative estimate of drug-likeness (QED) is 0.581. The molecule has 0 bridgehead atoms. The average molecular weight is 335 g/mol. The van der Waals surface area contributed by atoms with Crippen LogP contribution in [0.25, 0.3) is 32.9 Å². The van der Waals surface area contributed by atoms with E-state index in [4.69, 9.17) is 4.42 Å². The summed E-state index contributed by atoms with van der Waals surface area (Å²) in [5.41, 5.74) is 2.60. The second kappa shape index (κ2) is 5.62. The number of nitrogens with zero attached hydrogens (tertiary/aromatic N) is 1. The predicted octanol–water partition coefficient (Wildman–Crippen LogP) is 4.60. The van der Waals surface area contributed by atoms with Gasteiger partial charge in [-0.2, -0.15) is 0 Å². The number of benzene rings is 2. The van der Waals surface area contributed by atoms with Crippen LogP contribution in [0.2, 0.25) is 0 Å². The van der Waals surface area contributed by atoms with Gasteiger partial charge in [-0.3, -0.25) is 4.79 Å². The van der Waals surface area contributed by atoms with Gasteiger partial charge in [0.1, 0.15) is 11.3 Å². The molecule has 0 atom stereocenters. The van der Waals surface area contributed by atoms with E-state index in [2.05, 4.69) is 4.98 Å². The van der Waals surface area contributed by atoms with E-state index in [-0.39, 0.29) is 11.2 Å². The van der Waals surface area contributed by atoms with Crippen molar-refractivity contribution < 1.29 is 9.52 Å². The molecule has 118 valence electrons. The maximum absolute atomic E-state index is 12.4. The van der Waals surface area contributed by atoms with Crippen molar-refractivity contribution in [1.82, 2.24) is 4.98 Å². The molecular weight excluding hydrogens is 322 g/mol. The summed E-state index contributed by atoms with van der Waals surface area (Å²) in [6.45, 7) is 1.89. The highest BCUT2D eigenvalue weighted by Crippen LogP contribution is 2.34. The van der Waals surface area contributed by atoms with Crippen molar-refractivity contribution in [2.24, 2.45) is 0 Å². The van der Waals surface area contributed by atoms with Crippen LogP contribution in [0.5, 0.6) is 5.75 Å². The standard InChI is InChI=1S/C19H13NO3S/c1-11-10-24-19(20-11)18-9-16(22)14-7-15(21)13(8-17(14)23-18)12-5-3-2-4-6-12/h2-10,21H,1H3. The van der Waals surface area contributed by atoms with Crippen molar-refractivity contribution in [3.05, 3.63) is 69.8 Å². The highest BCUT2D eigenvalue weighted by molar-refractivity contribution is 7.13. The number of aromatic nitrogens is 1. The summed E-state index contributed by atoms with van der Waals surface area (Å²) in [6, 6.07) is 14.1. The second-order valence-electron chi connectivity index (χ2n) is 5.50. The third-order valence-electron chi connectivity index (χ3n) is 3.76. The van der Waals surface area contributed by atoms with E-state index in [1.54, 1.807) is 6.07 Å². The zero-order chi connectivity index (χ0) is 16.7. The van der Waals surface area contributed by atoms with Gasteiger partial charge in [-0.15, -0.1) is 11.3 Å². The number of phenolic OH excluding ortho intramolecular Hbond substituents is 1. The van der Waals surface area contributed by atoms with Crippen molar-refractivity contribution in [1.29, 1.82) is 0 Å². The lowest BCUT2D eigenvalue weighted by molar-refractivity contribution is 0.477. The van der Waals surface area contributed by atoms with E-state index in [9.17, 15) is 9.90 Å². The Balaban J connectivity index is 1.96. The van der Waals surface area contributed by atoms with Crippen molar-refractivity contribution >= 4 is 22.3 Å². The molecule has 0 saturated carbocycles. The van der Waals surface area contributed by atoms with Gasteiger partial charge in [-0.1, -0.05) is 30.3 Å². The van der Waals surface area contributed by atoms with E-state index < -0.39 is 0 Å². The van der Waals surface area contributed by atoms with E-state index in [1.165, 1.54) is 23.5 Å². The molecule has 2 aromatic heterocycles. The Labute approximate surface area is 141 Å². The molecular formula is C19H13NO3S. The van der Waals surface area contributed by atoms with Crippen LogP contribution in [-0.4, -0.2) is 10.1 Å². The lowest BCUT2D eigenvalue weighted by Crippen LogP contribution is -2.00. The van der Waals surface area contributed by atoms with Crippen LogP contribution in [0.3, 0.4) is 0 Å². The molecule has 4 rings (SSSR count). The number of hydrogen-bond donors (Lipinski definition) is 1. The summed E-state index contributed by atoms with van der Waals surface area (Å²) in [5.74, 6) is 0.495. The third kappa shape index (κ3) is 2.49. The first-order chi connectivity index (χ1) is 11.6. The number of fused-ring (bicyclic) bond motifs is 1. The first kappa shape index (κ1) is 14.7. The van der Waals surface area contributed by atoms with Gasteiger partial charge in [-0.25, -0.2) is 4.98 Å². The minimum atomic E-state index is -0.200. The maximum Gasteiger partial charge on any atom is 0.193 e. The number of aryl methyl sites for hydroxylation is 1. The van der Waals surface area contributed by atoms with Crippen molar-refractivity contribution in [3.8, 4) is 27.6 Å². The fourth-order valence-corrected chi connectivity index (χ4v) is 3.36. The number of thiazole rings is 1. The van der Waals surface area contributed by atoms with E-state index in [1.807, 2.05) is 42.6 Å². The molecule has 24 heavy (non-hydrogen) atoms. The Hall–Kier alpha value is -2.92. The number of aromatic hydroxyl groups is 1. The molecule has 0 unspecified atom stereocenters. The fraction of sp³-hybridized carbons (Fsp3) is 0.0526. The average Bonchev–Trinajstić information content (AvgIpc) is 3.02. The summed E-state index contributed by atoms with van der Waals surface area (Å²) in [5, 5.41) is 13.2. The molecule has 0 radical (unpaired) electrons. The molecule has 2 aromatic carbocycles. The lowest BCUT2D eigenvalue weighted by Gasteiger charge is -2.07. The second-order valence-corrected chi connectivity index (χ2v) is 6.36. The van der Waals surface area contributed by atoms with E-state index in [0.29, 0.717) is 27.3 Å². The smallest absolute Gasteiger partial charge is 0.193 e. The van der Waals surface area contributed by atoms with Crippen LogP contribution in [0, 0.1) is 6.92 Å². The van der Waals surface area contributed by atoms with Crippen LogP contribution in [0.15, 0.2) is 63.1 Å². The molecule has 5 heteroatoms. The lowest BCUT2D eigenvalue weighted by atomic mass is 10.0. The molecule has 0 amide bonds. The molecule has 1 N–H and O–H groups in total. The normalized spacial score (nSPS) is 11.0. The fourth-order valence-electron chi connectivity index (χ4n) is 2.61. The van der Waals surface area contributed by atoms with Gasteiger partial charge >= 0.3 is 0 Å². The SMILES string of the molecule is Cc1csc(-c2cc(=O)c3cc(O)c(-c4ccccc4)cc3o2)n1. The van der Waals surface area contributed by atoms with Crippen LogP contribution in [0.4, 0.5) is 0 Å². The minimum Gasteiger partial charge on any atom is -0.507 e. The summed E-state index contributed by atoms with van der Waals surface area (Å²) < 4.78 is 5.90. The topological polar surface area (TPSA) is 63.3 Å². The van der Waals surface area contributed by atoms with Gasteiger partial charge in [0.15, 0.2) is 16.2 Å². The molecule has 4 aromatic rings. The molecule has 4 nitrogen and oxygen atoms in total. The Morgan fingerprint density at radius 1 is 1.12 bits per heavy atom. The van der Waals surface area contributed by atoms with Crippen LogP contribution in [0.1, 0.15) is 5.69 Å². The van der Waals surface area contributed by atoms with Crippen molar-refractivity contribution in [2.75, 3.05) is 0 Å². The minimum absolute atomic E-state index is 0.0545. The monoisotopic (exact) mass is 335 g/mol. The molecule has 0 aliphatic rings. The first-order valence-electron chi connectivity index (χ1n) is 7.40. The van der Waals surface area contributed by atoms with Crippen molar-refractivity contribution in [2.45, 2.75) is 6.92 Å². The summed E-state index contributed by atoms with van der Waals surface area (Å²) in [7, 11) is 0. The maximum atomic E-state index is 12.4. The van der Waals surface area contributed by atoms with Gasteiger partial charge in [0.25, 0.3) is 0 Å². The number of rotatable bonds is 2. The summed E-state index contributed by atoms with van der Waals surface area (Å²) in [4.78, 5) is 16.7. The molecule has 0 spiro atoms. The number of hydrogen-bond acceptors (Lipinski definition) is 5. The van der Waals surface area contributed by atoms with Gasteiger partial charge in [-0.05, 0) is 24.6 Å². The van der Waals surface area contributed by atoms with E-state index in [0.717, 1.165) is 11.3 Å². The molecule has 0 aliphatic heterocycles. The van der Waals surface area contributed by atoms with Crippen molar-refractivity contribution in [3.63, 3.8) is 0 Å². The van der Waals surface area contributed by atoms with E-state index >= 15 is 0 Å². The predicted molar refractivity (Wildman–Crippen MR) is 95.4 cm³/mol. The Kier molecular flexibility index (Phi) is 3.43. The van der Waals surface area contributed by atoms with Crippen LogP contribution in [-0.2, 0) is 0 Å². The Morgan fingerprint density at radius 3 is 2.62 bits per heavy atom. The van der Waals surface area contributed by atoms with Crippen LogP contribution >= 0.6 is 11.3 Å². The molecule has 0 fully saturated rings. The largest absolute Gasteiger partial charge is 0.507 e. The summed E-state index contributed by atoms with van der Waals surface area (Å²) >= 11 is 1.43. The van der Waals surface area contributed by atoms with Gasteiger partial charge in [0.2, 0.25) is 0 Å². The molecule has 0 aliphatic carbocycles. The van der Waals surface area contributed by atoms with Gasteiger partial charge < -0.3 is 9.52 Å². The highest BCUT2D eigenvalue weighted by atomic mass is 32.1. The molecule has 2 heterocycles. The summed E-state index contributed by atoms with van der Waals surface area (Å²) in [6.07, 6.45) is 0. The Bertz CT molecular complexity index is 1100. The zero-order valence-corrected chi connectivity index (χ0v) is 13.6. The first-order valence-corrected chi connectivity index (χ1v) is 8.28. The van der Waals surface area contributed by atoms with Gasteiger partial charge in [0.05, 0.1) is 5.39 Å². The number of phenols is 1. The highest BCUT2D eigenvalue weighted by Gasteiger charge is 2.13. The van der Waals surface area contributed by atoms with Crippen LogP contribution < -0.4 is 5.43 Å². The van der Waals surface area contributed by atoms with Gasteiger partial charge in [0, 0.05) is 22.7 Å². The third-order valence-corrected chi connectivity index (χ3v) is 4.73.